The van der Waals surface area contributed by atoms with Crippen molar-refractivity contribution in [3.8, 4) is 17.2 Å². The Morgan fingerprint density at radius 2 is 2.04 bits per heavy atom. The van der Waals surface area contributed by atoms with Crippen molar-refractivity contribution in [2.75, 3.05) is 7.11 Å². The molecular weight excluding hydrogens is 290 g/mol. The summed E-state index contributed by atoms with van der Waals surface area (Å²) < 4.78 is 17.3. The first kappa shape index (κ1) is 16.1. The van der Waals surface area contributed by atoms with Gasteiger partial charge in [-0.25, -0.2) is 4.98 Å². The van der Waals surface area contributed by atoms with Crippen LogP contribution in [0.15, 0.2) is 28.7 Å². The lowest BCUT2D eigenvalue weighted by molar-refractivity contribution is 0.0148. The second-order valence-corrected chi connectivity index (χ2v) is 6.05. The highest BCUT2D eigenvalue weighted by atomic mass is 16.5. The summed E-state index contributed by atoms with van der Waals surface area (Å²) in [7, 11) is 1.66. The quantitative estimate of drug-likeness (QED) is 0.771. The van der Waals surface area contributed by atoms with Crippen LogP contribution < -0.4 is 4.74 Å². The van der Waals surface area contributed by atoms with Crippen LogP contribution in [0.25, 0.3) is 11.5 Å². The molecule has 0 unspecified atom stereocenters. The molecule has 23 heavy (non-hydrogen) atoms. The summed E-state index contributed by atoms with van der Waals surface area (Å²) in [6.45, 7) is 2.63. The Hall–Kier alpha value is -1.81. The molecular formula is C19H25NO3. The maximum atomic E-state index is 6.06. The van der Waals surface area contributed by atoms with E-state index in [2.05, 4.69) is 11.9 Å². The summed E-state index contributed by atoms with van der Waals surface area (Å²) in [5.41, 5.74) is 1.86. The molecule has 3 rings (SSSR count). The zero-order chi connectivity index (χ0) is 16.1. The first-order valence-corrected chi connectivity index (χ1v) is 8.54. The summed E-state index contributed by atoms with van der Waals surface area (Å²) in [4.78, 5) is 4.66. The van der Waals surface area contributed by atoms with Crippen molar-refractivity contribution in [2.24, 2.45) is 0 Å². The zero-order valence-electron chi connectivity index (χ0n) is 14.0. The Morgan fingerprint density at radius 3 is 2.78 bits per heavy atom. The van der Waals surface area contributed by atoms with E-state index in [1.54, 1.807) is 7.11 Å². The second kappa shape index (κ2) is 7.64. The van der Waals surface area contributed by atoms with Crippen LogP contribution in [0, 0.1) is 0 Å². The van der Waals surface area contributed by atoms with Gasteiger partial charge in [-0.2, -0.15) is 0 Å². The van der Waals surface area contributed by atoms with Crippen LogP contribution in [0.5, 0.6) is 5.75 Å². The van der Waals surface area contributed by atoms with Crippen LogP contribution in [0.3, 0.4) is 0 Å². The Morgan fingerprint density at radius 1 is 1.22 bits per heavy atom. The number of aromatic nitrogens is 1. The minimum Gasteiger partial charge on any atom is -0.497 e. The Kier molecular flexibility index (Phi) is 5.34. The average Bonchev–Trinajstić information content (AvgIpc) is 3.04. The molecule has 4 nitrogen and oxygen atoms in total. The molecule has 0 radical (unpaired) electrons. The Labute approximate surface area is 137 Å². The zero-order valence-corrected chi connectivity index (χ0v) is 14.0. The van der Waals surface area contributed by atoms with E-state index >= 15 is 0 Å². The lowest BCUT2D eigenvalue weighted by Gasteiger charge is -2.21. The van der Waals surface area contributed by atoms with Gasteiger partial charge in [0.25, 0.3) is 0 Å². The fourth-order valence-corrected chi connectivity index (χ4v) is 3.08. The molecule has 1 heterocycles. The van der Waals surface area contributed by atoms with E-state index in [1.807, 2.05) is 24.3 Å². The largest absolute Gasteiger partial charge is 0.497 e. The molecule has 0 bridgehead atoms. The van der Waals surface area contributed by atoms with E-state index in [1.165, 1.54) is 32.1 Å². The number of hydrogen-bond acceptors (Lipinski definition) is 4. The molecule has 2 aromatic rings. The topological polar surface area (TPSA) is 44.5 Å². The summed E-state index contributed by atoms with van der Waals surface area (Å²) >= 11 is 0. The van der Waals surface area contributed by atoms with Crippen LogP contribution in [-0.2, 0) is 17.8 Å². The van der Waals surface area contributed by atoms with Crippen molar-refractivity contribution in [1.82, 2.24) is 4.98 Å². The molecule has 0 spiro atoms. The van der Waals surface area contributed by atoms with Crippen LogP contribution in [0.1, 0.15) is 50.5 Å². The second-order valence-electron chi connectivity index (χ2n) is 6.05. The Bertz CT molecular complexity index is 629. The molecule has 0 saturated heterocycles. The van der Waals surface area contributed by atoms with Gasteiger partial charge in [0.15, 0.2) is 0 Å². The first-order chi connectivity index (χ1) is 11.3. The van der Waals surface area contributed by atoms with E-state index in [0.29, 0.717) is 18.6 Å². The van der Waals surface area contributed by atoms with Gasteiger partial charge < -0.3 is 13.9 Å². The van der Waals surface area contributed by atoms with E-state index in [4.69, 9.17) is 13.9 Å². The Balaban J connectivity index is 1.74. The van der Waals surface area contributed by atoms with Gasteiger partial charge in [0.05, 0.1) is 19.8 Å². The molecule has 0 amide bonds. The van der Waals surface area contributed by atoms with Crippen molar-refractivity contribution in [3.63, 3.8) is 0 Å². The first-order valence-electron chi connectivity index (χ1n) is 8.54. The fraction of sp³-hybridized carbons (Fsp3) is 0.526. The third-order valence-corrected chi connectivity index (χ3v) is 4.42. The van der Waals surface area contributed by atoms with Crippen LogP contribution in [0.2, 0.25) is 0 Å². The molecule has 4 heteroatoms. The van der Waals surface area contributed by atoms with Gasteiger partial charge in [-0.3, -0.25) is 0 Å². The summed E-state index contributed by atoms with van der Waals surface area (Å²) in [6, 6.07) is 7.79. The molecule has 1 fully saturated rings. The highest BCUT2D eigenvalue weighted by Gasteiger charge is 2.18. The third kappa shape index (κ3) is 3.94. The van der Waals surface area contributed by atoms with Crippen molar-refractivity contribution < 1.29 is 13.9 Å². The number of ether oxygens (including phenoxy) is 2. The number of nitrogens with zero attached hydrogens (tertiary/aromatic N) is 1. The van der Waals surface area contributed by atoms with E-state index < -0.39 is 0 Å². The molecule has 124 valence electrons. The van der Waals surface area contributed by atoms with Crippen LogP contribution >= 0.6 is 0 Å². The van der Waals surface area contributed by atoms with Crippen molar-refractivity contribution >= 4 is 0 Å². The lowest BCUT2D eigenvalue weighted by atomic mass is 9.98. The molecule has 0 aliphatic heterocycles. The minimum atomic E-state index is 0.380. The van der Waals surface area contributed by atoms with Gasteiger partial charge in [-0.05, 0) is 31.0 Å². The molecule has 0 N–H and O–H groups in total. The number of hydrogen-bond donors (Lipinski definition) is 0. The van der Waals surface area contributed by atoms with E-state index in [-0.39, 0.29) is 0 Å². The predicted molar refractivity (Wildman–Crippen MR) is 89.5 cm³/mol. The number of oxazole rings is 1. The maximum absolute atomic E-state index is 6.06. The molecule has 1 aromatic heterocycles. The lowest BCUT2D eigenvalue weighted by Crippen LogP contribution is -2.16. The van der Waals surface area contributed by atoms with Gasteiger partial charge in [0, 0.05) is 12.0 Å². The highest BCUT2D eigenvalue weighted by molar-refractivity contribution is 5.56. The summed E-state index contributed by atoms with van der Waals surface area (Å²) in [6.07, 6.45) is 7.43. The SMILES string of the molecule is CCc1oc(-c2cccc(OC)c2)nc1COC1CCCCC1. The standard InChI is InChI=1S/C19H25NO3/c1-3-18-17(13-22-15-9-5-4-6-10-15)20-19(23-18)14-8-7-11-16(12-14)21-2/h7-8,11-12,15H,3-6,9-10,13H2,1-2H3. The third-order valence-electron chi connectivity index (χ3n) is 4.42. The summed E-state index contributed by atoms with van der Waals surface area (Å²) in [5, 5.41) is 0. The van der Waals surface area contributed by atoms with Crippen molar-refractivity contribution in [3.05, 3.63) is 35.7 Å². The van der Waals surface area contributed by atoms with E-state index in [9.17, 15) is 0 Å². The van der Waals surface area contributed by atoms with Crippen LogP contribution in [-0.4, -0.2) is 18.2 Å². The average molecular weight is 315 g/mol. The van der Waals surface area contributed by atoms with Gasteiger partial charge in [0.2, 0.25) is 5.89 Å². The minimum absolute atomic E-state index is 0.380. The van der Waals surface area contributed by atoms with Crippen LogP contribution in [0.4, 0.5) is 0 Å². The highest BCUT2D eigenvalue weighted by Crippen LogP contribution is 2.27. The molecule has 1 aliphatic carbocycles. The van der Waals surface area contributed by atoms with Gasteiger partial charge in [-0.15, -0.1) is 0 Å². The molecule has 1 aliphatic rings. The summed E-state index contributed by atoms with van der Waals surface area (Å²) in [5.74, 6) is 2.36. The fourth-order valence-electron chi connectivity index (χ4n) is 3.08. The smallest absolute Gasteiger partial charge is 0.226 e. The van der Waals surface area contributed by atoms with Gasteiger partial charge in [-0.1, -0.05) is 32.3 Å². The normalized spacial score (nSPS) is 15.7. The van der Waals surface area contributed by atoms with Crippen molar-refractivity contribution in [1.29, 1.82) is 0 Å². The maximum Gasteiger partial charge on any atom is 0.226 e. The number of rotatable bonds is 6. The van der Waals surface area contributed by atoms with E-state index in [0.717, 1.165) is 29.2 Å². The number of aryl methyl sites for hydroxylation is 1. The molecule has 1 aromatic carbocycles. The van der Waals surface area contributed by atoms with Gasteiger partial charge in [0.1, 0.15) is 17.2 Å². The molecule has 0 atom stereocenters. The van der Waals surface area contributed by atoms with Crippen molar-refractivity contribution in [2.45, 2.75) is 58.2 Å². The molecule has 1 saturated carbocycles. The predicted octanol–water partition coefficient (Wildman–Crippen LogP) is 4.76. The number of methoxy groups -OCH3 is 1. The number of benzene rings is 1. The van der Waals surface area contributed by atoms with Gasteiger partial charge >= 0.3 is 0 Å². The monoisotopic (exact) mass is 315 g/mol.